The van der Waals surface area contributed by atoms with E-state index in [-0.39, 0.29) is 0 Å². The van der Waals surface area contributed by atoms with E-state index in [0.717, 1.165) is 12.3 Å². The van der Waals surface area contributed by atoms with Crippen LogP contribution in [0.3, 0.4) is 0 Å². The number of likely N-dealkylation sites (tertiary alicyclic amines) is 1. The standard InChI is InChI=1S/C20H28N2O/c1-15-8-9-18(13-16(15)2)17(3)21-14-19(20-7-6-12-23-20)22-10-4-5-11-22/h6-9,12-13,17,19,21H,4-5,10-11,14H2,1-3H3. The zero-order chi connectivity index (χ0) is 16.2. The van der Waals surface area contributed by atoms with Crippen molar-refractivity contribution in [3.63, 3.8) is 0 Å². The van der Waals surface area contributed by atoms with Crippen molar-refractivity contribution in [2.75, 3.05) is 19.6 Å². The molecule has 0 saturated carbocycles. The van der Waals surface area contributed by atoms with Gasteiger partial charge in [0.2, 0.25) is 0 Å². The summed E-state index contributed by atoms with van der Waals surface area (Å²) in [6.45, 7) is 9.85. The lowest BCUT2D eigenvalue weighted by molar-refractivity contribution is 0.205. The lowest BCUT2D eigenvalue weighted by Gasteiger charge is -2.27. The Bertz CT molecular complexity index is 615. The second kappa shape index (κ2) is 7.33. The SMILES string of the molecule is Cc1ccc(C(C)NCC(c2ccco2)N2CCCC2)cc1C. The third-order valence-electron chi connectivity index (χ3n) is 5.10. The van der Waals surface area contributed by atoms with Gasteiger partial charge in [0, 0.05) is 12.6 Å². The van der Waals surface area contributed by atoms with Gasteiger partial charge in [0.1, 0.15) is 5.76 Å². The molecule has 3 nitrogen and oxygen atoms in total. The van der Waals surface area contributed by atoms with E-state index in [1.807, 2.05) is 6.07 Å². The fourth-order valence-electron chi connectivity index (χ4n) is 3.38. The molecule has 23 heavy (non-hydrogen) atoms. The topological polar surface area (TPSA) is 28.4 Å². The fraction of sp³-hybridized carbons (Fsp3) is 0.500. The summed E-state index contributed by atoms with van der Waals surface area (Å²) >= 11 is 0. The third-order valence-corrected chi connectivity index (χ3v) is 5.10. The summed E-state index contributed by atoms with van der Waals surface area (Å²) in [5.74, 6) is 1.08. The van der Waals surface area contributed by atoms with E-state index in [0.29, 0.717) is 12.1 Å². The van der Waals surface area contributed by atoms with Crippen molar-refractivity contribution in [3.8, 4) is 0 Å². The van der Waals surface area contributed by atoms with Gasteiger partial charge in [0.15, 0.2) is 0 Å². The maximum absolute atomic E-state index is 5.70. The van der Waals surface area contributed by atoms with Gasteiger partial charge in [-0.3, -0.25) is 4.90 Å². The minimum atomic E-state index is 0.335. The van der Waals surface area contributed by atoms with Crippen molar-refractivity contribution >= 4 is 0 Å². The van der Waals surface area contributed by atoms with Crippen molar-refractivity contribution < 1.29 is 4.42 Å². The quantitative estimate of drug-likeness (QED) is 0.858. The van der Waals surface area contributed by atoms with Gasteiger partial charge in [-0.25, -0.2) is 0 Å². The first-order valence-corrected chi connectivity index (χ1v) is 8.73. The maximum atomic E-state index is 5.70. The van der Waals surface area contributed by atoms with Crippen LogP contribution < -0.4 is 5.32 Å². The Hall–Kier alpha value is -1.58. The zero-order valence-corrected chi connectivity index (χ0v) is 14.5. The van der Waals surface area contributed by atoms with Crippen molar-refractivity contribution in [1.29, 1.82) is 0 Å². The number of nitrogens with one attached hydrogen (secondary N) is 1. The largest absolute Gasteiger partial charge is 0.468 e. The number of nitrogens with zero attached hydrogens (tertiary/aromatic N) is 1. The molecule has 124 valence electrons. The maximum Gasteiger partial charge on any atom is 0.122 e. The molecule has 3 heteroatoms. The smallest absolute Gasteiger partial charge is 0.122 e. The third kappa shape index (κ3) is 3.85. The Kier molecular flexibility index (Phi) is 5.19. The number of furan rings is 1. The van der Waals surface area contributed by atoms with E-state index in [2.05, 4.69) is 55.3 Å². The summed E-state index contributed by atoms with van der Waals surface area (Å²) < 4.78 is 5.70. The van der Waals surface area contributed by atoms with Crippen LogP contribution in [0.5, 0.6) is 0 Å². The van der Waals surface area contributed by atoms with Gasteiger partial charge < -0.3 is 9.73 Å². The van der Waals surface area contributed by atoms with Crippen molar-refractivity contribution in [2.45, 2.75) is 45.7 Å². The predicted molar refractivity (Wildman–Crippen MR) is 94.6 cm³/mol. The molecule has 2 atom stereocenters. The van der Waals surface area contributed by atoms with Gasteiger partial charge in [-0.05, 0) is 75.5 Å². The summed E-state index contributed by atoms with van der Waals surface area (Å²) in [7, 11) is 0. The van der Waals surface area contributed by atoms with Crippen LogP contribution >= 0.6 is 0 Å². The first kappa shape index (κ1) is 16.3. The lowest BCUT2D eigenvalue weighted by Crippen LogP contribution is -2.35. The second-order valence-corrected chi connectivity index (χ2v) is 6.75. The normalized spacial score (nSPS) is 18.2. The fourth-order valence-corrected chi connectivity index (χ4v) is 3.38. The average molecular weight is 312 g/mol. The van der Waals surface area contributed by atoms with E-state index in [1.165, 1.54) is 42.6 Å². The number of hydrogen-bond donors (Lipinski definition) is 1. The molecule has 2 aromatic rings. The molecule has 1 N–H and O–H groups in total. The molecule has 1 aromatic carbocycles. The van der Waals surface area contributed by atoms with Crippen molar-refractivity contribution in [3.05, 3.63) is 59.0 Å². The molecule has 1 aliphatic heterocycles. The van der Waals surface area contributed by atoms with Crippen LogP contribution in [0.25, 0.3) is 0 Å². The Morgan fingerprint density at radius 2 is 1.91 bits per heavy atom. The van der Waals surface area contributed by atoms with Gasteiger partial charge in [-0.2, -0.15) is 0 Å². The molecule has 1 saturated heterocycles. The summed E-state index contributed by atoms with van der Waals surface area (Å²) in [4.78, 5) is 2.54. The first-order chi connectivity index (χ1) is 11.1. The van der Waals surface area contributed by atoms with Crippen LogP contribution in [0.4, 0.5) is 0 Å². The monoisotopic (exact) mass is 312 g/mol. The Labute approximate surface area is 139 Å². The van der Waals surface area contributed by atoms with Gasteiger partial charge in [-0.1, -0.05) is 18.2 Å². The molecule has 0 bridgehead atoms. The van der Waals surface area contributed by atoms with Crippen LogP contribution in [0.2, 0.25) is 0 Å². The molecule has 2 unspecified atom stereocenters. The molecule has 1 aromatic heterocycles. The van der Waals surface area contributed by atoms with Gasteiger partial charge in [0.05, 0.1) is 12.3 Å². The highest BCUT2D eigenvalue weighted by molar-refractivity contribution is 5.31. The average Bonchev–Trinajstić information content (AvgIpc) is 3.24. The van der Waals surface area contributed by atoms with Crippen LogP contribution in [-0.4, -0.2) is 24.5 Å². The molecule has 1 fully saturated rings. The highest BCUT2D eigenvalue weighted by Crippen LogP contribution is 2.26. The molecule has 0 aliphatic carbocycles. The highest BCUT2D eigenvalue weighted by atomic mass is 16.3. The molecular formula is C20H28N2O. The van der Waals surface area contributed by atoms with Crippen LogP contribution in [0.1, 0.15) is 54.3 Å². The molecule has 0 spiro atoms. The molecule has 3 rings (SSSR count). The Morgan fingerprint density at radius 3 is 2.57 bits per heavy atom. The van der Waals surface area contributed by atoms with Crippen LogP contribution in [0.15, 0.2) is 41.0 Å². The van der Waals surface area contributed by atoms with Gasteiger partial charge >= 0.3 is 0 Å². The van der Waals surface area contributed by atoms with Crippen molar-refractivity contribution in [1.82, 2.24) is 10.2 Å². The zero-order valence-electron chi connectivity index (χ0n) is 14.5. The van der Waals surface area contributed by atoms with E-state index >= 15 is 0 Å². The van der Waals surface area contributed by atoms with E-state index < -0.39 is 0 Å². The molecule has 1 aliphatic rings. The highest BCUT2D eigenvalue weighted by Gasteiger charge is 2.25. The molecule has 0 amide bonds. The molecule has 2 heterocycles. The lowest BCUT2D eigenvalue weighted by atomic mass is 10.0. The van der Waals surface area contributed by atoms with E-state index in [9.17, 15) is 0 Å². The van der Waals surface area contributed by atoms with E-state index in [4.69, 9.17) is 4.42 Å². The molecular weight excluding hydrogens is 284 g/mol. The van der Waals surface area contributed by atoms with E-state index in [1.54, 1.807) is 6.26 Å². The predicted octanol–water partition coefficient (Wildman–Crippen LogP) is 4.38. The second-order valence-electron chi connectivity index (χ2n) is 6.75. The summed E-state index contributed by atoms with van der Waals surface area (Å²) in [5, 5.41) is 3.71. The van der Waals surface area contributed by atoms with Gasteiger partial charge in [0.25, 0.3) is 0 Å². The van der Waals surface area contributed by atoms with Crippen LogP contribution in [-0.2, 0) is 0 Å². The van der Waals surface area contributed by atoms with Gasteiger partial charge in [-0.15, -0.1) is 0 Å². The number of rotatable bonds is 6. The summed E-state index contributed by atoms with van der Waals surface area (Å²) in [5.41, 5.74) is 4.07. The number of benzene rings is 1. The number of hydrogen-bond acceptors (Lipinski definition) is 3. The van der Waals surface area contributed by atoms with Crippen LogP contribution in [0, 0.1) is 13.8 Å². The molecule has 0 radical (unpaired) electrons. The number of aryl methyl sites for hydroxylation is 2. The Balaban J connectivity index is 1.67. The summed E-state index contributed by atoms with van der Waals surface area (Å²) in [6.07, 6.45) is 4.37. The summed E-state index contributed by atoms with van der Waals surface area (Å²) in [6, 6.07) is 11.5. The minimum Gasteiger partial charge on any atom is -0.468 e. The Morgan fingerprint density at radius 1 is 1.13 bits per heavy atom. The first-order valence-electron chi connectivity index (χ1n) is 8.73. The minimum absolute atomic E-state index is 0.335. The van der Waals surface area contributed by atoms with Crippen molar-refractivity contribution in [2.24, 2.45) is 0 Å².